The van der Waals surface area contributed by atoms with Gasteiger partial charge in [0.2, 0.25) is 0 Å². The summed E-state index contributed by atoms with van der Waals surface area (Å²) >= 11 is 0. The van der Waals surface area contributed by atoms with Crippen LogP contribution in [0.4, 0.5) is 19.0 Å². The van der Waals surface area contributed by atoms with E-state index in [0.717, 1.165) is 12.3 Å². The largest absolute Gasteiger partial charge is 0.462 e. The van der Waals surface area contributed by atoms with E-state index in [4.69, 9.17) is 24.3 Å². The van der Waals surface area contributed by atoms with E-state index in [0.29, 0.717) is 15.3 Å². The first-order valence-electron chi connectivity index (χ1n) is 12.8. The molecule has 3 aromatic rings. The second-order valence-electron chi connectivity index (χ2n) is 9.87. The smallest absolute Gasteiger partial charge is 0.459 e. The van der Waals surface area contributed by atoms with Crippen LogP contribution in [0.2, 0.25) is 0 Å². The van der Waals surface area contributed by atoms with Crippen molar-refractivity contribution in [2.24, 2.45) is 0 Å². The van der Waals surface area contributed by atoms with Crippen LogP contribution in [0.15, 0.2) is 59.5 Å². The van der Waals surface area contributed by atoms with Crippen molar-refractivity contribution in [3.63, 3.8) is 0 Å². The zero-order valence-corrected chi connectivity index (χ0v) is 23.6. The topological polar surface area (TPSA) is 164 Å². The summed E-state index contributed by atoms with van der Waals surface area (Å²) in [5.41, 5.74) is 1.13. The summed E-state index contributed by atoms with van der Waals surface area (Å²) < 4.78 is 80.5. The number of nitrogens with one attached hydrogen (secondary N) is 1. The molecule has 0 radical (unpaired) electrons. The lowest BCUT2D eigenvalue weighted by Gasteiger charge is -2.32. The number of anilines is 1. The number of alkyl halides is 3. The van der Waals surface area contributed by atoms with E-state index in [9.17, 15) is 28.0 Å². The zero-order chi connectivity index (χ0) is 30.8. The molecular weight excluding hydrogens is 584 g/mol. The van der Waals surface area contributed by atoms with Crippen LogP contribution in [-0.4, -0.2) is 63.7 Å². The Labute approximate surface area is 238 Å². The quantitative estimate of drug-likeness (QED) is 0.214. The molecule has 16 heteroatoms. The minimum absolute atomic E-state index is 0.000933. The number of carbonyl (C=O) groups is 1. The molecule has 12 nitrogen and oxygen atoms in total. The predicted molar refractivity (Wildman–Crippen MR) is 145 cm³/mol. The van der Waals surface area contributed by atoms with Crippen molar-refractivity contribution >= 4 is 30.3 Å². The monoisotopic (exact) mass is 614 g/mol. The number of ether oxygens (including phenoxy) is 2. The number of hydrogen-bond donors (Lipinski definition) is 3. The van der Waals surface area contributed by atoms with Gasteiger partial charge in [0.1, 0.15) is 23.7 Å². The van der Waals surface area contributed by atoms with E-state index in [-0.39, 0.29) is 11.6 Å². The van der Waals surface area contributed by atoms with Crippen molar-refractivity contribution in [3.05, 3.63) is 65.2 Å². The highest BCUT2D eigenvalue weighted by Gasteiger charge is 2.63. The first-order valence-corrected chi connectivity index (χ1v) is 14.3. The van der Waals surface area contributed by atoms with Gasteiger partial charge in [0.15, 0.2) is 18.0 Å². The van der Waals surface area contributed by atoms with E-state index in [1.54, 1.807) is 50.2 Å². The number of esters is 1. The van der Waals surface area contributed by atoms with E-state index in [1.807, 2.05) is 0 Å². The number of benzene rings is 2. The van der Waals surface area contributed by atoms with Gasteiger partial charge >= 0.3 is 19.4 Å². The van der Waals surface area contributed by atoms with Crippen molar-refractivity contribution in [2.75, 3.05) is 12.3 Å². The highest BCUT2D eigenvalue weighted by molar-refractivity contribution is 7.52. The SMILES string of the molecule is CC(C)OC(=O)C(C)NP(=O)(OCC1(C(F)F)OC(n2ccc(N)nc2=O)C(O)C1F)Oc1cccc2ccccc12. The second-order valence-corrected chi connectivity index (χ2v) is 11.6. The van der Waals surface area contributed by atoms with Gasteiger partial charge < -0.3 is 24.8 Å². The Bertz CT molecular complexity index is 1540. The van der Waals surface area contributed by atoms with Crippen LogP contribution in [-0.2, 0) is 23.4 Å². The van der Waals surface area contributed by atoms with Crippen LogP contribution in [0.5, 0.6) is 5.75 Å². The van der Waals surface area contributed by atoms with Gasteiger partial charge in [0, 0.05) is 11.6 Å². The Morgan fingerprint density at radius 1 is 1.21 bits per heavy atom. The van der Waals surface area contributed by atoms with Crippen LogP contribution in [0.3, 0.4) is 0 Å². The van der Waals surface area contributed by atoms with E-state index < -0.39 is 68.7 Å². The second kappa shape index (κ2) is 12.4. The molecule has 0 bridgehead atoms. The fourth-order valence-electron chi connectivity index (χ4n) is 4.29. The number of aliphatic hydroxyl groups excluding tert-OH is 1. The Balaban J connectivity index is 1.67. The Hall–Kier alpha value is -3.49. The van der Waals surface area contributed by atoms with Gasteiger partial charge in [-0.05, 0) is 38.3 Å². The third-order valence-electron chi connectivity index (χ3n) is 6.38. The van der Waals surface area contributed by atoms with Crippen molar-refractivity contribution in [1.29, 1.82) is 0 Å². The number of fused-ring (bicyclic) bond motifs is 1. The van der Waals surface area contributed by atoms with Gasteiger partial charge in [-0.25, -0.2) is 22.5 Å². The standard InChI is InChI=1S/C26H30F3N4O8P/c1-14(2)39-23(35)15(3)32-42(37,41-18-10-6-8-16-7-4-5-9-17(16)18)38-13-26(24(28)29)21(27)20(34)22(40-26)33-12-11-19(30)31-25(33)36/h4-12,14-15,20-22,24,34H,13H2,1-3H3,(H,32,37)(H2,30,31,36). The van der Waals surface area contributed by atoms with Crippen molar-refractivity contribution in [2.45, 2.75) is 63.4 Å². The number of nitrogens with two attached hydrogens (primary N) is 1. The summed E-state index contributed by atoms with van der Waals surface area (Å²) in [4.78, 5) is 28.2. The summed E-state index contributed by atoms with van der Waals surface area (Å²) in [6.07, 6.45) is -10.3. The summed E-state index contributed by atoms with van der Waals surface area (Å²) in [6, 6.07) is 11.4. The maximum absolute atomic E-state index is 15.5. The fraction of sp³-hybridized carbons (Fsp3) is 0.423. The van der Waals surface area contributed by atoms with Gasteiger partial charge in [-0.2, -0.15) is 10.1 Å². The van der Waals surface area contributed by atoms with Gasteiger partial charge in [-0.15, -0.1) is 0 Å². The van der Waals surface area contributed by atoms with Crippen LogP contribution in [0, 0.1) is 0 Å². The summed E-state index contributed by atoms with van der Waals surface area (Å²) in [5.74, 6) is -1.06. The molecule has 0 amide bonds. The average Bonchev–Trinajstić information content (AvgIpc) is 3.18. The number of rotatable bonds is 11. The van der Waals surface area contributed by atoms with Crippen molar-refractivity contribution < 1.29 is 46.2 Å². The molecule has 1 aliphatic rings. The molecule has 1 aromatic heterocycles. The van der Waals surface area contributed by atoms with Crippen LogP contribution in [0.1, 0.15) is 27.0 Å². The number of carbonyl (C=O) groups excluding carboxylic acids is 1. The molecule has 0 saturated carbocycles. The summed E-state index contributed by atoms with van der Waals surface area (Å²) in [6.45, 7) is 3.02. The normalized spacial score (nSPS) is 24.5. The van der Waals surface area contributed by atoms with Gasteiger partial charge in [0.05, 0.1) is 12.7 Å². The van der Waals surface area contributed by atoms with Gasteiger partial charge in [0.25, 0.3) is 6.43 Å². The molecule has 2 heterocycles. The lowest BCUT2D eigenvalue weighted by Crippen LogP contribution is -2.51. The summed E-state index contributed by atoms with van der Waals surface area (Å²) in [7, 11) is -4.80. The number of hydrogen-bond acceptors (Lipinski definition) is 10. The first-order chi connectivity index (χ1) is 19.8. The molecular formula is C26H30F3N4O8P. The lowest BCUT2D eigenvalue weighted by atomic mass is 9.98. The fourth-order valence-corrected chi connectivity index (χ4v) is 5.84. The highest BCUT2D eigenvalue weighted by Crippen LogP contribution is 2.50. The van der Waals surface area contributed by atoms with Crippen LogP contribution in [0.25, 0.3) is 10.8 Å². The third kappa shape index (κ3) is 6.45. The van der Waals surface area contributed by atoms with E-state index >= 15 is 4.39 Å². The molecule has 6 atom stereocenters. The zero-order valence-electron chi connectivity index (χ0n) is 22.7. The van der Waals surface area contributed by atoms with Crippen LogP contribution < -0.4 is 21.0 Å². The van der Waals surface area contributed by atoms with Crippen LogP contribution >= 0.6 is 7.75 Å². The van der Waals surface area contributed by atoms with E-state index in [2.05, 4.69) is 10.1 Å². The molecule has 0 aliphatic carbocycles. The van der Waals surface area contributed by atoms with Gasteiger partial charge in [-0.3, -0.25) is 13.9 Å². The van der Waals surface area contributed by atoms with E-state index in [1.165, 1.54) is 13.0 Å². The number of nitrogen functional groups attached to an aromatic ring is 1. The Morgan fingerprint density at radius 3 is 2.57 bits per heavy atom. The molecule has 0 spiro atoms. The first kappa shape index (κ1) is 31.4. The average molecular weight is 615 g/mol. The van der Waals surface area contributed by atoms with Crippen molar-refractivity contribution in [3.8, 4) is 5.75 Å². The molecule has 1 saturated heterocycles. The minimum atomic E-state index is -4.80. The predicted octanol–water partition coefficient (Wildman–Crippen LogP) is 3.34. The molecule has 1 fully saturated rings. The van der Waals surface area contributed by atoms with Crippen molar-refractivity contribution in [1.82, 2.24) is 14.6 Å². The maximum Gasteiger partial charge on any atom is 0.459 e. The summed E-state index contributed by atoms with van der Waals surface area (Å²) in [5, 5.41) is 14.0. The Kier molecular flexibility index (Phi) is 9.28. The molecule has 228 valence electrons. The molecule has 1 aliphatic heterocycles. The Morgan fingerprint density at radius 2 is 1.90 bits per heavy atom. The molecule has 4 rings (SSSR count). The minimum Gasteiger partial charge on any atom is -0.462 e. The number of aromatic nitrogens is 2. The molecule has 6 unspecified atom stereocenters. The lowest BCUT2D eigenvalue weighted by molar-refractivity contribution is -0.183. The third-order valence-corrected chi connectivity index (χ3v) is 7.99. The number of aliphatic hydroxyl groups is 1. The number of halogens is 3. The highest BCUT2D eigenvalue weighted by atomic mass is 31.2. The van der Waals surface area contributed by atoms with Gasteiger partial charge in [-0.1, -0.05) is 36.4 Å². The maximum atomic E-state index is 15.5. The molecule has 42 heavy (non-hydrogen) atoms. The molecule has 4 N–H and O–H groups in total. The molecule has 2 aromatic carbocycles. The number of nitrogens with zero attached hydrogens (tertiary/aromatic N) is 2.